The summed E-state index contributed by atoms with van der Waals surface area (Å²) in [4.78, 5) is 0.370. The zero-order valence-electron chi connectivity index (χ0n) is 17.0. The Labute approximate surface area is 182 Å². The van der Waals surface area contributed by atoms with Crippen molar-refractivity contribution >= 4 is 36.9 Å². The van der Waals surface area contributed by atoms with Gasteiger partial charge in [-0.25, -0.2) is 8.42 Å². The summed E-state index contributed by atoms with van der Waals surface area (Å²) in [6, 6.07) is 13.0. The minimum atomic E-state index is -3.24. The maximum atomic E-state index is 12.1. The van der Waals surface area contributed by atoms with E-state index in [0.29, 0.717) is 10.6 Å². The van der Waals surface area contributed by atoms with E-state index in [4.69, 9.17) is 0 Å². The van der Waals surface area contributed by atoms with Crippen molar-refractivity contribution in [2.75, 3.05) is 11.6 Å². The second-order valence-electron chi connectivity index (χ2n) is 7.81. The van der Waals surface area contributed by atoms with Gasteiger partial charge in [0.1, 0.15) is 5.75 Å². The van der Waals surface area contributed by atoms with Gasteiger partial charge in [0.15, 0.2) is 9.84 Å². The lowest BCUT2D eigenvalue weighted by Gasteiger charge is -2.17. The highest BCUT2D eigenvalue weighted by Gasteiger charge is 2.20. The summed E-state index contributed by atoms with van der Waals surface area (Å²) in [7, 11) is -3.24. The van der Waals surface area contributed by atoms with Crippen LogP contribution in [0.3, 0.4) is 0 Å². The van der Waals surface area contributed by atoms with Gasteiger partial charge in [0.05, 0.1) is 4.90 Å². The summed E-state index contributed by atoms with van der Waals surface area (Å²) in [5.41, 5.74) is 5.96. The van der Waals surface area contributed by atoms with Gasteiger partial charge in [-0.1, -0.05) is 47.0 Å². The number of aromatic hydroxyl groups is 1. The number of benzene rings is 2. The molecule has 2 aromatic carbocycles. The quantitative estimate of drug-likeness (QED) is 0.354. The van der Waals surface area contributed by atoms with E-state index in [9.17, 15) is 13.5 Å². The minimum absolute atomic E-state index is 0.308. The zero-order chi connectivity index (χ0) is 20.9. The van der Waals surface area contributed by atoms with Gasteiger partial charge in [0.2, 0.25) is 0 Å². The first kappa shape index (κ1) is 22.1. The Morgan fingerprint density at radius 2 is 1.79 bits per heavy atom. The minimum Gasteiger partial charge on any atom is -0.508 e. The molecule has 0 radical (unpaired) electrons. The van der Waals surface area contributed by atoms with Crippen molar-refractivity contribution in [2.24, 2.45) is 0 Å². The van der Waals surface area contributed by atoms with Crippen LogP contribution in [0, 0.1) is 0 Å². The smallest absolute Gasteiger partial charge is 0.175 e. The van der Waals surface area contributed by atoms with E-state index in [-0.39, 0.29) is 0 Å². The number of phenolic OH excluding ortho intramolecular Hbond substituents is 1. The molecule has 0 spiro atoms. The Morgan fingerprint density at radius 1 is 1.00 bits per heavy atom. The van der Waals surface area contributed by atoms with Crippen LogP contribution in [-0.2, 0) is 16.3 Å². The summed E-state index contributed by atoms with van der Waals surface area (Å²) < 4.78 is 24.2. The molecule has 1 aliphatic rings. The molecule has 29 heavy (non-hydrogen) atoms. The summed E-state index contributed by atoms with van der Waals surface area (Å²) in [6.45, 7) is 0. The number of fused-ring (bicyclic) bond motifs is 1. The molecule has 0 saturated heterocycles. The Morgan fingerprint density at radius 3 is 2.55 bits per heavy atom. The Bertz CT molecular complexity index is 993. The zero-order valence-corrected chi connectivity index (χ0v) is 19.4. The number of aryl methyl sites for hydroxylation is 1. The van der Waals surface area contributed by atoms with E-state index in [1.807, 2.05) is 30.3 Å². The second-order valence-corrected chi connectivity index (χ2v) is 10.6. The van der Waals surface area contributed by atoms with Gasteiger partial charge >= 0.3 is 0 Å². The molecule has 5 heteroatoms. The predicted octanol–water partition coefficient (Wildman–Crippen LogP) is 6.39. The number of alkyl halides is 1. The SMILES string of the molecule is CS(=O)(=O)c1cccc(C2=C(CCCCCCBr)c3ccc(O)cc3CCC2)c1. The van der Waals surface area contributed by atoms with Crippen molar-refractivity contribution in [1.29, 1.82) is 0 Å². The van der Waals surface area contributed by atoms with Crippen LogP contribution < -0.4 is 0 Å². The molecule has 0 atom stereocenters. The van der Waals surface area contributed by atoms with Crippen LogP contribution in [-0.4, -0.2) is 25.1 Å². The highest BCUT2D eigenvalue weighted by atomic mass is 79.9. The van der Waals surface area contributed by atoms with E-state index < -0.39 is 9.84 Å². The fraction of sp³-hybridized carbons (Fsp3) is 0.417. The molecule has 0 amide bonds. The predicted molar refractivity (Wildman–Crippen MR) is 124 cm³/mol. The van der Waals surface area contributed by atoms with Gasteiger partial charge in [-0.3, -0.25) is 0 Å². The molecular formula is C24H29BrO3S. The molecule has 1 aliphatic carbocycles. The fourth-order valence-electron chi connectivity index (χ4n) is 4.12. The molecule has 0 heterocycles. The van der Waals surface area contributed by atoms with Crippen molar-refractivity contribution in [2.45, 2.75) is 56.3 Å². The normalized spacial score (nSPS) is 14.6. The van der Waals surface area contributed by atoms with Gasteiger partial charge in [-0.2, -0.15) is 0 Å². The first-order valence-electron chi connectivity index (χ1n) is 10.3. The van der Waals surface area contributed by atoms with E-state index in [1.165, 1.54) is 47.8 Å². The number of rotatable bonds is 8. The molecule has 3 nitrogen and oxygen atoms in total. The third-order valence-corrected chi connectivity index (χ3v) is 7.24. The van der Waals surface area contributed by atoms with Crippen LogP contribution in [0.5, 0.6) is 5.75 Å². The molecular weight excluding hydrogens is 448 g/mol. The molecule has 2 aromatic rings. The van der Waals surface area contributed by atoms with Crippen molar-refractivity contribution in [3.05, 3.63) is 59.2 Å². The van der Waals surface area contributed by atoms with E-state index >= 15 is 0 Å². The summed E-state index contributed by atoms with van der Waals surface area (Å²) in [5.74, 6) is 0.308. The lowest BCUT2D eigenvalue weighted by molar-refractivity contribution is 0.474. The number of hydrogen-bond acceptors (Lipinski definition) is 3. The summed E-state index contributed by atoms with van der Waals surface area (Å²) >= 11 is 3.50. The molecule has 1 N–H and O–H groups in total. The molecule has 0 bridgehead atoms. The fourth-order valence-corrected chi connectivity index (χ4v) is 5.18. The first-order chi connectivity index (χ1) is 13.9. The molecule has 0 unspecified atom stereocenters. The number of hydrogen-bond donors (Lipinski definition) is 1. The maximum absolute atomic E-state index is 12.1. The molecule has 0 aliphatic heterocycles. The van der Waals surface area contributed by atoms with Gasteiger partial charge in [0.25, 0.3) is 0 Å². The highest BCUT2D eigenvalue weighted by molar-refractivity contribution is 9.09. The van der Waals surface area contributed by atoms with Gasteiger partial charge in [-0.15, -0.1) is 0 Å². The average Bonchev–Trinajstić information content (AvgIpc) is 2.86. The van der Waals surface area contributed by atoms with Crippen LogP contribution in [0.1, 0.15) is 61.6 Å². The number of phenols is 1. The van der Waals surface area contributed by atoms with Crippen molar-refractivity contribution in [1.82, 2.24) is 0 Å². The van der Waals surface area contributed by atoms with Gasteiger partial charge < -0.3 is 5.11 Å². The lowest BCUT2D eigenvalue weighted by Crippen LogP contribution is -1.99. The number of halogens is 1. The maximum Gasteiger partial charge on any atom is 0.175 e. The third-order valence-electron chi connectivity index (χ3n) is 5.57. The molecule has 0 saturated carbocycles. The first-order valence-corrected chi connectivity index (χ1v) is 13.3. The van der Waals surface area contributed by atoms with Gasteiger partial charge in [-0.05, 0) is 90.6 Å². The third kappa shape index (κ3) is 5.73. The standard InChI is InChI=1S/C24H29BrO3S/c1-29(27,28)21-10-6-8-19(17-21)22-12-7-9-18-16-20(26)13-14-23(18)24(22)11-4-2-3-5-15-25/h6,8,10,13-14,16-17,26H,2-5,7,9,11-12,15H2,1H3. The van der Waals surface area contributed by atoms with E-state index in [0.717, 1.165) is 43.0 Å². The molecule has 156 valence electrons. The Balaban J connectivity index is 2.05. The van der Waals surface area contributed by atoms with Crippen LogP contribution in [0.2, 0.25) is 0 Å². The largest absolute Gasteiger partial charge is 0.508 e. The van der Waals surface area contributed by atoms with E-state index in [2.05, 4.69) is 15.9 Å². The topological polar surface area (TPSA) is 54.4 Å². The van der Waals surface area contributed by atoms with Crippen LogP contribution >= 0.6 is 15.9 Å². The lowest BCUT2D eigenvalue weighted by atomic mass is 9.89. The molecule has 3 rings (SSSR count). The van der Waals surface area contributed by atoms with E-state index in [1.54, 1.807) is 12.1 Å². The van der Waals surface area contributed by atoms with Crippen molar-refractivity contribution < 1.29 is 13.5 Å². The van der Waals surface area contributed by atoms with Crippen LogP contribution in [0.4, 0.5) is 0 Å². The van der Waals surface area contributed by atoms with Gasteiger partial charge in [0, 0.05) is 11.6 Å². The number of unbranched alkanes of at least 4 members (excludes halogenated alkanes) is 3. The number of allylic oxidation sites excluding steroid dienone is 2. The monoisotopic (exact) mass is 476 g/mol. The Hall–Kier alpha value is -1.59. The summed E-state index contributed by atoms with van der Waals surface area (Å²) in [6.07, 6.45) is 9.74. The molecule has 0 fully saturated rings. The number of sulfone groups is 1. The van der Waals surface area contributed by atoms with Crippen molar-refractivity contribution in [3.8, 4) is 5.75 Å². The van der Waals surface area contributed by atoms with Crippen LogP contribution in [0.15, 0.2) is 47.4 Å². The second kappa shape index (κ2) is 9.94. The summed E-state index contributed by atoms with van der Waals surface area (Å²) in [5, 5.41) is 11.0. The highest BCUT2D eigenvalue weighted by Crippen LogP contribution is 2.40. The van der Waals surface area contributed by atoms with Crippen LogP contribution in [0.25, 0.3) is 11.1 Å². The Kier molecular flexibility index (Phi) is 7.58. The van der Waals surface area contributed by atoms with Crippen molar-refractivity contribution in [3.63, 3.8) is 0 Å². The average molecular weight is 477 g/mol. The molecule has 0 aromatic heterocycles.